The Hall–Kier alpha value is -1.51. The molecule has 0 saturated carbocycles. The molecular weight excluding hydrogens is 234 g/mol. The summed E-state index contributed by atoms with van der Waals surface area (Å²) >= 11 is 10.5. The zero-order chi connectivity index (χ0) is 11.4. The molecule has 0 aromatic heterocycles. The van der Waals surface area contributed by atoms with Gasteiger partial charge in [0.15, 0.2) is 5.11 Å². The third kappa shape index (κ3) is 2.72. The first-order valence-corrected chi connectivity index (χ1v) is 4.71. The molecule has 78 valence electrons. The number of hydrogen-bond donors (Lipinski definition) is 2. The number of hydrogen-bond acceptors (Lipinski definition) is 3. The number of halogens is 1. The van der Waals surface area contributed by atoms with Crippen LogP contribution in [-0.2, 0) is 0 Å². The van der Waals surface area contributed by atoms with Crippen LogP contribution in [-0.4, -0.2) is 12.2 Å². The van der Waals surface area contributed by atoms with Crippen LogP contribution in [0.3, 0.4) is 0 Å². The van der Waals surface area contributed by atoms with E-state index in [1.54, 1.807) is 6.07 Å². The van der Waals surface area contributed by atoms with Gasteiger partial charge in [-0.1, -0.05) is 11.6 Å². The maximum Gasteiger partial charge on any atom is 0.168 e. The summed E-state index contributed by atoms with van der Waals surface area (Å²) in [6.45, 7) is 0. The molecule has 0 aliphatic heterocycles. The van der Waals surface area contributed by atoms with Crippen LogP contribution in [0.25, 0.3) is 0 Å². The third-order valence-electron chi connectivity index (χ3n) is 1.67. The highest BCUT2D eigenvalue weighted by Gasteiger charge is 2.09. The number of nitriles is 1. The Balaban J connectivity index is 3.24. The predicted octanol–water partition coefficient (Wildman–Crippen LogP) is 1.88. The summed E-state index contributed by atoms with van der Waals surface area (Å²) in [5, 5.41) is 12.0. The topological polar surface area (TPSA) is 71.1 Å². The van der Waals surface area contributed by atoms with Gasteiger partial charge in [-0.3, -0.25) is 0 Å². The van der Waals surface area contributed by atoms with E-state index in [0.29, 0.717) is 22.0 Å². The Morgan fingerprint density at radius 2 is 2.33 bits per heavy atom. The van der Waals surface area contributed by atoms with Gasteiger partial charge in [0.25, 0.3) is 0 Å². The van der Waals surface area contributed by atoms with Gasteiger partial charge in [0, 0.05) is 6.07 Å². The van der Waals surface area contributed by atoms with Gasteiger partial charge in [0.05, 0.1) is 23.4 Å². The Morgan fingerprint density at radius 3 is 2.80 bits per heavy atom. The van der Waals surface area contributed by atoms with Gasteiger partial charge in [-0.2, -0.15) is 5.26 Å². The average molecular weight is 242 g/mol. The fourth-order valence-corrected chi connectivity index (χ4v) is 1.39. The molecule has 0 unspecified atom stereocenters. The second-order valence-electron chi connectivity index (χ2n) is 2.63. The summed E-state index contributed by atoms with van der Waals surface area (Å²) in [4.78, 5) is 0. The van der Waals surface area contributed by atoms with E-state index in [9.17, 15) is 0 Å². The van der Waals surface area contributed by atoms with Gasteiger partial charge in [-0.25, -0.2) is 0 Å². The molecule has 3 N–H and O–H groups in total. The molecule has 0 fully saturated rings. The van der Waals surface area contributed by atoms with E-state index in [1.165, 1.54) is 13.2 Å². The van der Waals surface area contributed by atoms with Crippen molar-refractivity contribution in [2.75, 3.05) is 12.4 Å². The highest BCUT2D eigenvalue weighted by Crippen LogP contribution is 2.30. The van der Waals surface area contributed by atoms with Gasteiger partial charge < -0.3 is 15.8 Å². The maximum atomic E-state index is 8.85. The van der Waals surface area contributed by atoms with Crippen LogP contribution >= 0.6 is 23.8 Å². The molecule has 0 spiro atoms. The maximum absolute atomic E-state index is 8.85. The first-order chi connectivity index (χ1) is 7.08. The molecule has 4 nitrogen and oxygen atoms in total. The summed E-state index contributed by atoms with van der Waals surface area (Å²) in [5.74, 6) is 0.453. The van der Waals surface area contributed by atoms with E-state index >= 15 is 0 Å². The number of rotatable bonds is 2. The van der Waals surface area contributed by atoms with E-state index in [-0.39, 0.29) is 5.11 Å². The van der Waals surface area contributed by atoms with E-state index in [0.717, 1.165) is 0 Å². The van der Waals surface area contributed by atoms with Crippen molar-refractivity contribution in [1.29, 1.82) is 5.26 Å². The summed E-state index contributed by atoms with van der Waals surface area (Å²) in [5.41, 5.74) is 6.15. The number of nitrogens with zero attached hydrogens (tertiary/aromatic N) is 1. The summed E-state index contributed by atoms with van der Waals surface area (Å²) in [6, 6.07) is 5.03. The Kier molecular flexibility index (Phi) is 3.72. The molecule has 15 heavy (non-hydrogen) atoms. The number of anilines is 1. The molecule has 1 aromatic rings. The van der Waals surface area contributed by atoms with Crippen LogP contribution in [0.5, 0.6) is 5.75 Å². The third-order valence-corrected chi connectivity index (χ3v) is 2.07. The standard InChI is InChI=1S/C9H8ClN3OS/c1-14-8-3-7(13-9(12)15)5(4-11)2-6(8)10/h2-3H,1H3,(H3,12,13,15). The van der Waals surface area contributed by atoms with Crippen molar-refractivity contribution in [3.05, 3.63) is 22.7 Å². The zero-order valence-electron chi connectivity index (χ0n) is 7.87. The minimum absolute atomic E-state index is 0.0795. The fraction of sp³-hybridized carbons (Fsp3) is 0.111. The largest absolute Gasteiger partial charge is 0.495 e. The minimum atomic E-state index is 0.0795. The number of nitrogens with two attached hydrogens (primary N) is 1. The number of ether oxygens (including phenoxy) is 1. The highest BCUT2D eigenvalue weighted by atomic mass is 35.5. The summed E-state index contributed by atoms with van der Waals surface area (Å²) in [7, 11) is 1.48. The van der Waals surface area contributed by atoms with E-state index in [4.69, 9.17) is 27.3 Å². The van der Waals surface area contributed by atoms with Gasteiger partial charge in [0.2, 0.25) is 0 Å². The molecule has 0 aliphatic rings. The van der Waals surface area contributed by atoms with Crippen LogP contribution in [0.4, 0.5) is 5.69 Å². The minimum Gasteiger partial charge on any atom is -0.495 e. The van der Waals surface area contributed by atoms with Crippen LogP contribution in [0.2, 0.25) is 5.02 Å². The van der Waals surface area contributed by atoms with E-state index in [1.807, 2.05) is 6.07 Å². The van der Waals surface area contributed by atoms with Crippen molar-refractivity contribution < 1.29 is 4.74 Å². The fourth-order valence-electron chi connectivity index (χ4n) is 1.04. The van der Waals surface area contributed by atoms with E-state index < -0.39 is 0 Å². The van der Waals surface area contributed by atoms with Crippen LogP contribution < -0.4 is 15.8 Å². The Bertz CT molecular complexity index is 442. The van der Waals surface area contributed by atoms with Crippen LogP contribution in [0.15, 0.2) is 12.1 Å². The van der Waals surface area contributed by atoms with Crippen molar-refractivity contribution in [3.8, 4) is 11.8 Å². The molecule has 0 amide bonds. The molecule has 0 bridgehead atoms. The van der Waals surface area contributed by atoms with Crippen LogP contribution in [0.1, 0.15) is 5.56 Å². The zero-order valence-corrected chi connectivity index (χ0v) is 9.45. The molecule has 0 atom stereocenters. The molecule has 6 heteroatoms. The molecule has 0 aliphatic carbocycles. The molecule has 0 heterocycles. The lowest BCUT2D eigenvalue weighted by molar-refractivity contribution is 0.415. The smallest absolute Gasteiger partial charge is 0.168 e. The lowest BCUT2D eigenvalue weighted by Crippen LogP contribution is -2.19. The van der Waals surface area contributed by atoms with Gasteiger partial charge in [-0.15, -0.1) is 0 Å². The second kappa shape index (κ2) is 4.82. The Morgan fingerprint density at radius 1 is 1.67 bits per heavy atom. The molecular formula is C9H8ClN3OS. The second-order valence-corrected chi connectivity index (χ2v) is 3.48. The van der Waals surface area contributed by atoms with Gasteiger partial charge in [0.1, 0.15) is 11.8 Å². The number of methoxy groups -OCH3 is 1. The van der Waals surface area contributed by atoms with E-state index in [2.05, 4.69) is 17.5 Å². The SMILES string of the molecule is COc1cc(NC(N)=S)c(C#N)cc1Cl. The number of thiocarbonyl (C=S) groups is 1. The van der Waals surface area contributed by atoms with Crippen molar-refractivity contribution in [2.45, 2.75) is 0 Å². The van der Waals surface area contributed by atoms with Gasteiger partial charge in [-0.05, 0) is 18.3 Å². The van der Waals surface area contributed by atoms with Crippen molar-refractivity contribution in [1.82, 2.24) is 0 Å². The summed E-state index contributed by atoms with van der Waals surface area (Å²) in [6.07, 6.45) is 0. The molecule has 1 rings (SSSR count). The molecule has 1 aromatic carbocycles. The predicted molar refractivity (Wildman–Crippen MR) is 63.1 cm³/mol. The normalized spacial score (nSPS) is 9.13. The molecule has 0 radical (unpaired) electrons. The molecule has 0 saturated heterocycles. The monoisotopic (exact) mass is 241 g/mol. The van der Waals surface area contributed by atoms with Crippen molar-refractivity contribution in [2.24, 2.45) is 5.73 Å². The average Bonchev–Trinajstić information content (AvgIpc) is 2.19. The quantitative estimate of drug-likeness (QED) is 0.774. The lowest BCUT2D eigenvalue weighted by atomic mass is 10.2. The lowest BCUT2D eigenvalue weighted by Gasteiger charge is -2.09. The first kappa shape index (κ1) is 11.6. The highest BCUT2D eigenvalue weighted by molar-refractivity contribution is 7.80. The Labute approximate surface area is 97.6 Å². The number of benzene rings is 1. The first-order valence-electron chi connectivity index (χ1n) is 3.92. The van der Waals surface area contributed by atoms with Gasteiger partial charge >= 0.3 is 0 Å². The summed E-state index contributed by atoms with van der Waals surface area (Å²) < 4.78 is 5.00. The van der Waals surface area contributed by atoms with Crippen LogP contribution in [0, 0.1) is 11.3 Å². The van der Waals surface area contributed by atoms with Crippen molar-refractivity contribution in [3.63, 3.8) is 0 Å². The number of nitrogens with one attached hydrogen (secondary N) is 1. The van der Waals surface area contributed by atoms with Crippen molar-refractivity contribution >= 4 is 34.6 Å².